The van der Waals surface area contributed by atoms with Gasteiger partial charge in [0.2, 0.25) is 0 Å². The SMILES string of the molecule is C=C/C=C/C1[C@@H](C(=O)OCc2c(F)c(F)cc(F)c2F)C1(C)C. The largest absolute Gasteiger partial charge is 0.460 e. The lowest BCUT2D eigenvalue weighted by molar-refractivity contribution is -0.147. The molecule has 2 atom stereocenters. The van der Waals surface area contributed by atoms with Gasteiger partial charge in [0, 0.05) is 6.07 Å². The van der Waals surface area contributed by atoms with Gasteiger partial charge in [-0.1, -0.05) is 38.7 Å². The van der Waals surface area contributed by atoms with Crippen molar-refractivity contribution in [3.8, 4) is 0 Å². The Morgan fingerprint density at radius 2 is 1.83 bits per heavy atom. The van der Waals surface area contributed by atoms with E-state index in [1.165, 1.54) is 0 Å². The van der Waals surface area contributed by atoms with E-state index in [1.54, 1.807) is 18.2 Å². The van der Waals surface area contributed by atoms with Gasteiger partial charge < -0.3 is 4.74 Å². The summed E-state index contributed by atoms with van der Waals surface area (Å²) in [6.45, 7) is 6.36. The van der Waals surface area contributed by atoms with Crippen LogP contribution in [-0.4, -0.2) is 5.97 Å². The highest BCUT2D eigenvalue weighted by Gasteiger charge is 2.61. The van der Waals surface area contributed by atoms with Gasteiger partial charge in [-0.2, -0.15) is 0 Å². The van der Waals surface area contributed by atoms with E-state index in [-0.39, 0.29) is 17.4 Å². The van der Waals surface area contributed by atoms with E-state index in [0.29, 0.717) is 0 Å². The Bertz CT molecular complexity index is 653. The minimum Gasteiger partial charge on any atom is -0.460 e. The van der Waals surface area contributed by atoms with Crippen molar-refractivity contribution in [2.24, 2.45) is 17.3 Å². The second kappa shape index (κ2) is 6.18. The normalized spacial score (nSPS) is 22.2. The fraction of sp³-hybridized carbons (Fsp3) is 0.353. The lowest BCUT2D eigenvalue weighted by atomic mass is 10.1. The number of benzene rings is 1. The maximum Gasteiger partial charge on any atom is 0.310 e. The number of rotatable bonds is 5. The maximum atomic E-state index is 13.5. The zero-order valence-corrected chi connectivity index (χ0v) is 12.7. The summed E-state index contributed by atoms with van der Waals surface area (Å²) in [5.74, 6) is -7.43. The number of carbonyl (C=O) groups excluding carboxylic acids is 1. The molecule has 0 radical (unpaired) electrons. The molecule has 23 heavy (non-hydrogen) atoms. The summed E-state index contributed by atoms with van der Waals surface area (Å²) in [7, 11) is 0. The first kappa shape index (κ1) is 17.2. The molecule has 1 aliphatic carbocycles. The van der Waals surface area contributed by atoms with E-state index in [2.05, 4.69) is 6.58 Å². The lowest BCUT2D eigenvalue weighted by Crippen LogP contribution is -2.13. The number of hydrogen-bond donors (Lipinski definition) is 0. The van der Waals surface area contributed by atoms with Crippen LogP contribution in [0.15, 0.2) is 30.9 Å². The van der Waals surface area contributed by atoms with Crippen molar-refractivity contribution in [3.63, 3.8) is 0 Å². The van der Waals surface area contributed by atoms with E-state index in [4.69, 9.17) is 4.74 Å². The zero-order valence-electron chi connectivity index (χ0n) is 12.7. The molecule has 2 rings (SSSR count). The first-order valence-corrected chi connectivity index (χ1v) is 6.99. The second-order valence-corrected chi connectivity index (χ2v) is 6.00. The fourth-order valence-corrected chi connectivity index (χ4v) is 2.67. The van der Waals surface area contributed by atoms with Gasteiger partial charge in [0.15, 0.2) is 23.3 Å². The van der Waals surface area contributed by atoms with Crippen LogP contribution in [0.1, 0.15) is 19.4 Å². The number of esters is 1. The molecular formula is C17H16F4O2. The molecule has 1 aliphatic rings. The van der Waals surface area contributed by atoms with E-state index in [0.717, 1.165) is 0 Å². The second-order valence-electron chi connectivity index (χ2n) is 6.00. The predicted octanol–water partition coefficient (Wildman–Crippen LogP) is 4.30. The van der Waals surface area contributed by atoms with Gasteiger partial charge >= 0.3 is 5.97 Å². The Morgan fingerprint density at radius 1 is 1.26 bits per heavy atom. The quantitative estimate of drug-likeness (QED) is 0.349. The standard InChI is InChI=1S/C17H16F4O2/c1-4-5-6-10-13(17(10,2)3)16(22)23-8-9-14(20)11(18)7-12(19)15(9)21/h4-7,10,13H,1,8H2,2-3H3/b6-5+/t10?,13-/m0/s1. The molecule has 0 heterocycles. The number of hydrogen-bond acceptors (Lipinski definition) is 2. The molecule has 0 spiro atoms. The van der Waals surface area contributed by atoms with Crippen molar-refractivity contribution in [1.82, 2.24) is 0 Å². The monoisotopic (exact) mass is 328 g/mol. The molecule has 0 bridgehead atoms. The summed E-state index contributed by atoms with van der Waals surface area (Å²) in [4.78, 5) is 12.0. The highest BCUT2D eigenvalue weighted by molar-refractivity contribution is 5.78. The number of allylic oxidation sites excluding steroid dienone is 3. The van der Waals surface area contributed by atoms with Crippen LogP contribution >= 0.6 is 0 Å². The van der Waals surface area contributed by atoms with Crippen LogP contribution in [0, 0.1) is 40.5 Å². The smallest absolute Gasteiger partial charge is 0.310 e. The van der Waals surface area contributed by atoms with Crippen molar-refractivity contribution in [3.05, 3.63) is 59.7 Å². The Hall–Kier alpha value is -2.11. The number of carbonyl (C=O) groups is 1. The zero-order chi connectivity index (χ0) is 17.4. The van der Waals surface area contributed by atoms with Crippen LogP contribution in [0.5, 0.6) is 0 Å². The molecule has 1 aromatic rings. The Balaban J connectivity index is 2.09. The van der Waals surface area contributed by atoms with E-state index >= 15 is 0 Å². The van der Waals surface area contributed by atoms with Gasteiger partial charge in [0.05, 0.1) is 11.5 Å². The molecule has 1 fully saturated rings. The van der Waals surface area contributed by atoms with Crippen LogP contribution < -0.4 is 0 Å². The fourth-order valence-electron chi connectivity index (χ4n) is 2.67. The van der Waals surface area contributed by atoms with E-state index in [9.17, 15) is 22.4 Å². The first-order chi connectivity index (χ1) is 10.7. The number of ether oxygens (including phenoxy) is 1. The highest BCUT2D eigenvalue weighted by atomic mass is 19.2. The van der Waals surface area contributed by atoms with Gasteiger partial charge in [-0.15, -0.1) is 0 Å². The average molecular weight is 328 g/mol. The summed E-state index contributed by atoms with van der Waals surface area (Å²) in [5.41, 5.74) is -1.30. The summed E-state index contributed by atoms with van der Waals surface area (Å²) >= 11 is 0. The first-order valence-electron chi connectivity index (χ1n) is 6.99. The highest BCUT2D eigenvalue weighted by Crippen LogP contribution is 2.59. The Kier molecular flexibility index (Phi) is 4.63. The molecule has 1 unspecified atom stereocenters. The van der Waals surface area contributed by atoms with Crippen LogP contribution in [-0.2, 0) is 16.1 Å². The van der Waals surface area contributed by atoms with Crippen molar-refractivity contribution in [2.45, 2.75) is 20.5 Å². The molecule has 0 N–H and O–H groups in total. The average Bonchev–Trinajstić information content (AvgIpc) is 3.04. The summed E-state index contributed by atoms with van der Waals surface area (Å²) in [6, 6.07) is 0.107. The third-order valence-corrected chi connectivity index (χ3v) is 4.18. The summed E-state index contributed by atoms with van der Waals surface area (Å²) in [5, 5.41) is 0. The lowest BCUT2D eigenvalue weighted by Gasteiger charge is -2.09. The van der Waals surface area contributed by atoms with Crippen molar-refractivity contribution < 1.29 is 27.1 Å². The van der Waals surface area contributed by atoms with Gasteiger partial charge in [-0.3, -0.25) is 4.79 Å². The van der Waals surface area contributed by atoms with E-state index < -0.39 is 47.3 Å². The topological polar surface area (TPSA) is 26.3 Å². The maximum absolute atomic E-state index is 13.5. The molecule has 0 aromatic heterocycles. The van der Waals surface area contributed by atoms with Crippen LogP contribution in [0.2, 0.25) is 0 Å². The van der Waals surface area contributed by atoms with Crippen LogP contribution in [0.4, 0.5) is 17.6 Å². The van der Waals surface area contributed by atoms with Gasteiger partial charge in [0.25, 0.3) is 0 Å². The molecule has 0 amide bonds. The van der Waals surface area contributed by atoms with E-state index in [1.807, 2.05) is 13.8 Å². The van der Waals surface area contributed by atoms with Gasteiger partial charge in [0.1, 0.15) is 6.61 Å². The third kappa shape index (κ3) is 3.16. The molecule has 1 aromatic carbocycles. The number of halogens is 4. The minimum atomic E-state index is -1.56. The third-order valence-electron chi connectivity index (χ3n) is 4.18. The predicted molar refractivity (Wildman–Crippen MR) is 76.2 cm³/mol. The Morgan fingerprint density at radius 3 is 2.35 bits per heavy atom. The molecular weight excluding hydrogens is 312 g/mol. The van der Waals surface area contributed by atoms with Crippen molar-refractivity contribution in [2.75, 3.05) is 0 Å². The minimum absolute atomic E-state index is 0.0908. The van der Waals surface area contributed by atoms with Crippen LogP contribution in [0.25, 0.3) is 0 Å². The molecule has 124 valence electrons. The van der Waals surface area contributed by atoms with Crippen LogP contribution in [0.3, 0.4) is 0 Å². The van der Waals surface area contributed by atoms with Gasteiger partial charge in [-0.25, -0.2) is 17.6 Å². The molecule has 6 heteroatoms. The molecule has 0 aliphatic heterocycles. The summed E-state index contributed by atoms with van der Waals surface area (Å²) in [6.07, 6.45) is 5.06. The van der Waals surface area contributed by atoms with Gasteiger partial charge in [-0.05, 0) is 11.3 Å². The van der Waals surface area contributed by atoms with Crippen molar-refractivity contribution >= 4 is 5.97 Å². The molecule has 1 saturated carbocycles. The molecule has 2 nitrogen and oxygen atoms in total. The summed E-state index contributed by atoms with van der Waals surface area (Å²) < 4.78 is 58.1. The Labute approximate surface area is 131 Å². The molecule has 0 saturated heterocycles. The van der Waals surface area contributed by atoms with Crippen molar-refractivity contribution in [1.29, 1.82) is 0 Å².